The molecule has 92 valence electrons. The lowest BCUT2D eigenvalue weighted by Crippen LogP contribution is -2.13. The number of aromatic hydroxyl groups is 1. The molecular weight excluding hydrogens is 307 g/mol. The fraction of sp³-hybridized carbons (Fsp3) is 0.333. The molecule has 0 saturated heterocycles. The van der Waals surface area contributed by atoms with Crippen LogP contribution in [-0.4, -0.2) is 16.8 Å². The summed E-state index contributed by atoms with van der Waals surface area (Å²) >= 11 is 2.81. The van der Waals surface area contributed by atoms with Crippen LogP contribution in [0.15, 0.2) is 10.5 Å². The zero-order valence-electron chi connectivity index (χ0n) is 8.08. The lowest BCUT2D eigenvalue weighted by molar-refractivity contribution is 0.274. The summed E-state index contributed by atoms with van der Waals surface area (Å²) in [5.74, 6) is -3.31. The molecule has 1 aromatic rings. The minimum absolute atomic E-state index is 0. The molecule has 0 saturated carbocycles. The van der Waals surface area contributed by atoms with Crippen molar-refractivity contribution in [3.63, 3.8) is 0 Å². The maximum atomic E-state index is 13.1. The van der Waals surface area contributed by atoms with Crippen LogP contribution in [0, 0.1) is 11.6 Å². The number of aliphatic hydroxyl groups is 1. The van der Waals surface area contributed by atoms with E-state index in [4.69, 9.17) is 10.8 Å². The fourth-order valence-electron chi connectivity index (χ4n) is 1.18. The zero-order chi connectivity index (χ0) is 11.6. The Hall–Kier alpha value is -0.430. The molecule has 0 radical (unpaired) electrons. The molecule has 0 spiro atoms. The van der Waals surface area contributed by atoms with Gasteiger partial charge in [0.1, 0.15) is 0 Å². The van der Waals surface area contributed by atoms with Crippen molar-refractivity contribution in [3.05, 3.63) is 27.7 Å². The van der Waals surface area contributed by atoms with Gasteiger partial charge in [0.15, 0.2) is 11.6 Å². The normalized spacial score (nSPS) is 12.1. The van der Waals surface area contributed by atoms with Gasteiger partial charge in [-0.2, -0.15) is 4.39 Å². The maximum absolute atomic E-state index is 13.1. The van der Waals surface area contributed by atoms with E-state index >= 15 is 0 Å². The number of phenols is 1. The minimum atomic E-state index is -1.34. The average Bonchev–Trinajstić information content (AvgIpc) is 2.20. The van der Waals surface area contributed by atoms with E-state index in [1.165, 1.54) is 6.07 Å². The molecule has 0 heterocycles. The smallest absolute Gasteiger partial charge is 0.201 e. The molecule has 0 aliphatic heterocycles. The largest absolute Gasteiger partial charge is 0.505 e. The van der Waals surface area contributed by atoms with Crippen molar-refractivity contribution in [1.29, 1.82) is 0 Å². The highest BCUT2D eigenvalue weighted by molar-refractivity contribution is 9.10. The molecule has 16 heavy (non-hydrogen) atoms. The van der Waals surface area contributed by atoms with Gasteiger partial charge < -0.3 is 15.9 Å². The molecule has 4 N–H and O–H groups in total. The molecule has 0 aromatic heterocycles. The van der Waals surface area contributed by atoms with Gasteiger partial charge in [-0.25, -0.2) is 4.39 Å². The summed E-state index contributed by atoms with van der Waals surface area (Å²) in [6, 6.07) is 0.468. The highest BCUT2D eigenvalue weighted by atomic mass is 79.9. The Morgan fingerprint density at radius 1 is 1.38 bits per heavy atom. The number of phenolic OH excluding ortho intramolecular Hbond substituents is 1. The molecule has 7 heteroatoms. The molecule has 3 nitrogen and oxygen atoms in total. The summed E-state index contributed by atoms with van der Waals surface area (Å²) in [6.45, 7) is -0.197. The first-order valence-electron chi connectivity index (χ1n) is 4.21. The van der Waals surface area contributed by atoms with Crippen LogP contribution in [0.1, 0.15) is 18.0 Å². The van der Waals surface area contributed by atoms with Gasteiger partial charge in [0, 0.05) is 18.2 Å². The molecule has 0 aliphatic rings. The van der Waals surface area contributed by atoms with E-state index in [1.807, 2.05) is 0 Å². The second kappa shape index (κ2) is 6.34. The van der Waals surface area contributed by atoms with Gasteiger partial charge in [0.05, 0.1) is 4.47 Å². The van der Waals surface area contributed by atoms with E-state index in [0.29, 0.717) is 0 Å². The number of hydrogen-bond donors (Lipinski definition) is 3. The van der Waals surface area contributed by atoms with Crippen molar-refractivity contribution in [2.45, 2.75) is 12.5 Å². The van der Waals surface area contributed by atoms with Gasteiger partial charge in [-0.05, 0) is 28.4 Å². The van der Waals surface area contributed by atoms with Crippen LogP contribution in [0.25, 0.3) is 0 Å². The second-order valence-electron chi connectivity index (χ2n) is 3.04. The third-order valence-electron chi connectivity index (χ3n) is 2.01. The Morgan fingerprint density at radius 3 is 2.44 bits per heavy atom. The zero-order valence-corrected chi connectivity index (χ0v) is 10.5. The highest BCUT2D eigenvalue weighted by Gasteiger charge is 2.20. The molecular formula is C9H11BrClF2NO2. The lowest BCUT2D eigenvalue weighted by Gasteiger charge is -2.13. The van der Waals surface area contributed by atoms with E-state index in [2.05, 4.69) is 15.9 Å². The summed E-state index contributed by atoms with van der Waals surface area (Å²) in [7, 11) is 0. The maximum Gasteiger partial charge on any atom is 0.201 e. The first kappa shape index (κ1) is 15.6. The molecule has 0 amide bonds. The Balaban J connectivity index is 0.00000225. The fourth-order valence-corrected chi connectivity index (χ4v) is 1.60. The summed E-state index contributed by atoms with van der Waals surface area (Å²) in [5.41, 5.74) is 5.63. The first-order valence-corrected chi connectivity index (χ1v) is 5.01. The SMILES string of the molecule is Cl.N[C@@H](CCO)c1cc(Br)c(F)c(F)c1O. The van der Waals surface area contributed by atoms with Gasteiger partial charge in [0.25, 0.3) is 0 Å². The van der Waals surface area contributed by atoms with Crippen LogP contribution in [0.3, 0.4) is 0 Å². The van der Waals surface area contributed by atoms with Crippen LogP contribution in [-0.2, 0) is 0 Å². The summed E-state index contributed by atoms with van der Waals surface area (Å²) in [4.78, 5) is 0. The van der Waals surface area contributed by atoms with Crippen LogP contribution < -0.4 is 5.73 Å². The van der Waals surface area contributed by atoms with Crippen molar-refractivity contribution in [2.24, 2.45) is 5.73 Å². The van der Waals surface area contributed by atoms with E-state index in [0.717, 1.165) is 0 Å². The van der Waals surface area contributed by atoms with Crippen molar-refractivity contribution < 1.29 is 19.0 Å². The lowest BCUT2D eigenvalue weighted by atomic mass is 10.0. The van der Waals surface area contributed by atoms with E-state index in [1.54, 1.807) is 0 Å². The van der Waals surface area contributed by atoms with Crippen molar-refractivity contribution in [3.8, 4) is 5.75 Å². The number of benzene rings is 1. The summed E-state index contributed by atoms with van der Waals surface area (Å²) in [6.07, 6.45) is 0.158. The topological polar surface area (TPSA) is 66.5 Å². The van der Waals surface area contributed by atoms with Gasteiger partial charge in [-0.15, -0.1) is 12.4 Å². The predicted octanol–water partition coefficient (Wildman–Crippen LogP) is 2.24. The van der Waals surface area contributed by atoms with Gasteiger partial charge in [-0.3, -0.25) is 0 Å². The summed E-state index contributed by atoms with van der Waals surface area (Å²) in [5, 5.41) is 17.9. The number of nitrogens with two attached hydrogens (primary N) is 1. The molecule has 0 bridgehead atoms. The number of halogens is 4. The molecule has 0 fully saturated rings. The highest BCUT2D eigenvalue weighted by Crippen LogP contribution is 2.33. The summed E-state index contributed by atoms with van der Waals surface area (Å²) < 4.78 is 25.9. The molecule has 1 aromatic carbocycles. The Kier molecular flexibility index (Phi) is 6.17. The van der Waals surface area contributed by atoms with Crippen molar-refractivity contribution in [2.75, 3.05) is 6.61 Å². The van der Waals surface area contributed by atoms with E-state index in [9.17, 15) is 13.9 Å². The molecule has 0 unspecified atom stereocenters. The van der Waals surface area contributed by atoms with Crippen LogP contribution in [0.4, 0.5) is 8.78 Å². The third-order valence-corrected chi connectivity index (χ3v) is 2.58. The van der Waals surface area contributed by atoms with Crippen molar-refractivity contribution in [1.82, 2.24) is 0 Å². The quantitative estimate of drug-likeness (QED) is 0.749. The van der Waals surface area contributed by atoms with E-state index in [-0.39, 0.29) is 35.5 Å². The van der Waals surface area contributed by atoms with Gasteiger partial charge >= 0.3 is 0 Å². The van der Waals surface area contributed by atoms with Gasteiger partial charge in [0.2, 0.25) is 5.82 Å². The molecule has 1 rings (SSSR count). The predicted molar refractivity (Wildman–Crippen MR) is 61.6 cm³/mol. The first-order chi connectivity index (χ1) is 6.99. The molecule has 0 aliphatic carbocycles. The van der Waals surface area contributed by atoms with Crippen LogP contribution in [0.5, 0.6) is 5.75 Å². The second-order valence-corrected chi connectivity index (χ2v) is 3.90. The number of rotatable bonds is 3. The Morgan fingerprint density at radius 2 is 1.94 bits per heavy atom. The average molecular weight is 319 g/mol. The van der Waals surface area contributed by atoms with Crippen molar-refractivity contribution >= 4 is 28.3 Å². The van der Waals surface area contributed by atoms with Crippen LogP contribution >= 0.6 is 28.3 Å². The van der Waals surface area contributed by atoms with Crippen LogP contribution in [0.2, 0.25) is 0 Å². The number of aliphatic hydroxyl groups excluding tert-OH is 1. The van der Waals surface area contributed by atoms with Gasteiger partial charge in [-0.1, -0.05) is 0 Å². The van der Waals surface area contributed by atoms with E-state index < -0.39 is 23.4 Å². The molecule has 1 atom stereocenters. The Bertz CT molecular complexity index is 379. The monoisotopic (exact) mass is 317 g/mol. The third kappa shape index (κ3) is 3.04. The standard InChI is InChI=1S/C9H10BrF2NO2.ClH/c10-5-3-4(6(13)1-2-14)9(15)8(12)7(5)11;/h3,6,14-15H,1-2,13H2;1H/t6-;/m0./s1. The minimum Gasteiger partial charge on any atom is -0.505 e. The number of hydrogen-bond acceptors (Lipinski definition) is 3. The Labute approximate surface area is 106 Å².